The maximum absolute atomic E-state index is 11.1. The van der Waals surface area contributed by atoms with Crippen molar-refractivity contribution in [1.29, 1.82) is 0 Å². The molecule has 0 aliphatic heterocycles. The van der Waals surface area contributed by atoms with E-state index in [0.717, 1.165) is 5.46 Å². The van der Waals surface area contributed by atoms with Crippen LogP contribution >= 0.6 is 0 Å². The second kappa shape index (κ2) is 4.25. The number of nitrogens with zero attached hydrogens (tertiary/aromatic N) is 1. The van der Waals surface area contributed by atoms with Crippen LogP contribution in [0.1, 0.15) is 0 Å². The molecule has 0 spiro atoms. The van der Waals surface area contributed by atoms with Crippen molar-refractivity contribution in [3.8, 4) is 0 Å². The summed E-state index contributed by atoms with van der Waals surface area (Å²) in [4.78, 5) is 11.1. The first-order valence-corrected chi connectivity index (χ1v) is 3.91. The molecule has 70 valence electrons. The van der Waals surface area contributed by atoms with Crippen LogP contribution in [0.4, 0.5) is 0 Å². The highest BCUT2D eigenvalue weighted by molar-refractivity contribution is 6.61. The number of aryl methyl sites for hydroxylation is 1. The van der Waals surface area contributed by atoms with Gasteiger partial charge in [-0.2, -0.15) is 0 Å². The molecule has 0 aliphatic carbocycles. The standard InChI is InChI=1S/C8H12BNO3/c1-10-6-7(4-5-8(10)11)9(12-2)13-3/h4-6H,1-3H3. The minimum Gasteiger partial charge on any atom is -0.410 e. The Morgan fingerprint density at radius 1 is 1.31 bits per heavy atom. The second-order valence-corrected chi connectivity index (χ2v) is 2.71. The van der Waals surface area contributed by atoms with E-state index in [4.69, 9.17) is 9.31 Å². The maximum atomic E-state index is 11.1. The predicted octanol–water partition coefficient (Wildman–Crippen LogP) is -0.627. The summed E-state index contributed by atoms with van der Waals surface area (Å²) in [5, 5.41) is 0. The first kappa shape index (κ1) is 10.0. The molecular formula is C8H12BNO3. The summed E-state index contributed by atoms with van der Waals surface area (Å²) in [7, 11) is 4.39. The Morgan fingerprint density at radius 2 is 1.92 bits per heavy atom. The molecule has 0 unspecified atom stereocenters. The molecule has 0 amide bonds. The largest absolute Gasteiger partial charge is 0.494 e. The highest BCUT2D eigenvalue weighted by atomic mass is 16.6. The lowest BCUT2D eigenvalue weighted by molar-refractivity contribution is 0.291. The van der Waals surface area contributed by atoms with Crippen molar-refractivity contribution >= 4 is 12.6 Å². The van der Waals surface area contributed by atoms with E-state index in [2.05, 4.69) is 0 Å². The average Bonchev–Trinajstić information content (AvgIpc) is 2.13. The normalized spacial score (nSPS) is 10.1. The third kappa shape index (κ3) is 2.20. The van der Waals surface area contributed by atoms with E-state index in [9.17, 15) is 4.79 Å². The molecule has 13 heavy (non-hydrogen) atoms. The van der Waals surface area contributed by atoms with Crippen LogP contribution in [-0.2, 0) is 16.4 Å². The quantitative estimate of drug-likeness (QED) is 0.583. The highest BCUT2D eigenvalue weighted by Gasteiger charge is 2.17. The first-order valence-electron chi connectivity index (χ1n) is 3.91. The molecule has 1 rings (SSSR count). The lowest BCUT2D eigenvalue weighted by atomic mass is 9.80. The summed E-state index contributed by atoms with van der Waals surface area (Å²) >= 11 is 0. The van der Waals surface area contributed by atoms with E-state index in [-0.39, 0.29) is 5.56 Å². The molecule has 0 bridgehead atoms. The molecular weight excluding hydrogens is 169 g/mol. The summed E-state index contributed by atoms with van der Waals surface area (Å²) in [5.74, 6) is 0. The van der Waals surface area contributed by atoms with Crippen LogP contribution in [0, 0.1) is 0 Å². The molecule has 0 N–H and O–H groups in total. The number of hydrogen-bond donors (Lipinski definition) is 0. The third-order valence-electron chi connectivity index (χ3n) is 1.81. The fourth-order valence-corrected chi connectivity index (χ4v) is 1.12. The van der Waals surface area contributed by atoms with E-state index < -0.39 is 7.12 Å². The van der Waals surface area contributed by atoms with E-state index in [1.165, 1.54) is 10.6 Å². The van der Waals surface area contributed by atoms with Crippen molar-refractivity contribution in [2.24, 2.45) is 7.05 Å². The minimum atomic E-state index is -0.410. The predicted molar refractivity (Wildman–Crippen MR) is 51.1 cm³/mol. The fraction of sp³-hybridized carbons (Fsp3) is 0.375. The molecule has 0 atom stereocenters. The molecule has 1 heterocycles. The Kier molecular flexibility index (Phi) is 3.28. The van der Waals surface area contributed by atoms with Gasteiger partial charge in [0.2, 0.25) is 5.56 Å². The zero-order valence-electron chi connectivity index (χ0n) is 7.98. The van der Waals surface area contributed by atoms with Crippen LogP contribution in [0.2, 0.25) is 0 Å². The topological polar surface area (TPSA) is 40.5 Å². The Bertz CT molecular complexity index is 332. The molecule has 0 fully saturated rings. The van der Waals surface area contributed by atoms with Crippen LogP contribution in [-0.4, -0.2) is 25.9 Å². The summed E-state index contributed by atoms with van der Waals surface area (Å²) in [5.41, 5.74) is 0.779. The van der Waals surface area contributed by atoms with Gasteiger partial charge in [-0.1, -0.05) is 6.07 Å². The fourth-order valence-electron chi connectivity index (χ4n) is 1.12. The maximum Gasteiger partial charge on any atom is 0.494 e. The number of hydrogen-bond acceptors (Lipinski definition) is 3. The zero-order valence-corrected chi connectivity index (χ0v) is 7.98. The van der Waals surface area contributed by atoms with Crippen molar-refractivity contribution in [1.82, 2.24) is 4.57 Å². The van der Waals surface area contributed by atoms with Gasteiger partial charge in [0.1, 0.15) is 0 Å². The molecule has 0 aromatic carbocycles. The Balaban J connectivity index is 3.02. The van der Waals surface area contributed by atoms with Gasteiger partial charge in [-0.3, -0.25) is 4.79 Å². The van der Waals surface area contributed by atoms with Gasteiger partial charge in [-0.15, -0.1) is 0 Å². The van der Waals surface area contributed by atoms with Gasteiger partial charge in [0, 0.05) is 33.5 Å². The van der Waals surface area contributed by atoms with Gasteiger partial charge in [-0.25, -0.2) is 0 Å². The van der Waals surface area contributed by atoms with Gasteiger partial charge in [0.25, 0.3) is 0 Å². The van der Waals surface area contributed by atoms with E-state index in [0.29, 0.717) is 0 Å². The third-order valence-corrected chi connectivity index (χ3v) is 1.81. The average molecular weight is 181 g/mol. The Hall–Kier alpha value is -1.07. The molecule has 0 aliphatic rings. The van der Waals surface area contributed by atoms with E-state index in [1.54, 1.807) is 33.5 Å². The molecule has 5 heteroatoms. The molecule has 0 radical (unpaired) electrons. The molecule has 1 aromatic rings. The first-order chi connectivity index (χ1) is 6.19. The molecule has 1 aromatic heterocycles. The number of aromatic nitrogens is 1. The van der Waals surface area contributed by atoms with Crippen LogP contribution in [0.25, 0.3) is 0 Å². The van der Waals surface area contributed by atoms with E-state index in [1.807, 2.05) is 0 Å². The summed E-state index contributed by atoms with van der Waals surface area (Å²) in [6.45, 7) is 0. The Labute approximate surface area is 77.2 Å². The van der Waals surface area contributed by atoms with Crippen LogP contribution in [0.3, 0.4) is 0 Å². The van der Waals surface area contributed by atoms with E-state index >= 15 is 0 Å². The second-order valence-electron chi connectivity index (χ2n) is 2.71. The van der Waals surface area contributed by atoms with Crippen molar-refractivity contribution in [3.63, 3.8) is 0 Å². The SMILES string of the molecule is COB(OC)c1ccc(=O)n(C)c1. The lowest BCUT2D eigenvalue weighted by Crippen LogP contribution is -2.37. The van der Waals surface area contributed by atoms with Gasteiger partial charge >= 0.3 is 7.12 Å². The number of pyridine rings is 1. The minimum absolute atomic E-state index is 0.0466. The van der Waals surface area contributed by atoms with Crippen LogP contribution < -0.4 is 11.0 Å². The van der Waals surface area contributed by atoms with Crippen LogP contribution in [0.5, 0.6) is 0 Å². The molecule has 4 nitrogen and oxygen atoms in total. The van der Waals surface area contributed by atoms with Crippen molar-refractivity contribution in [2.75, 3.05) is 14.2 Å². The summed E-state index contributed by atoms with van der Waals surface area (Å²) < 4.78 is 11.6. The highest BCUT2D eigenvalue weighted by Crippen LogP contribution is 1.86. The monoisotopic (exact) mass is 181 g/mol. The van der Waals surface area contributed by atoms with Gasteiger partial charge < -0.3 is 13.9 Å². The molecule has 0 saturated carbocycles. The van der Waals surface area contributed by atoms with Crippen molar-refractivity contribution in [2.45, 2.75) is 0 Å². The van der Waals surface area contributed by atoms with Gasteiger partial charge in [0.15, 0.2) is 0 Å². The summed E-state index contributed by atoms with van der Waals surface area (Å²) in [6.07, 6.45) is 1.69. The zero-order chi connectivity index (χ0) is 9.84. The molecule has 0 saturated heterocycles. The van der Waals surface area contributed by atoms with Crippen LogP contribution in [0.15, 0.2) is 23.1 Å². The number of rotatable bonds is 3. The smallest absolute Gasteiger partial charge is 0.410 e. The van der Waals surface area contributed by atoms with Gasteiger partial charge in [0.05, 0.1) is 0 Å². The Morgan fingerprint density at radius 3 is 2.38 bits per heavy atom. The summed E-state index contributed by atoms with van der Waals surface area (Å²) in [6, 6.07) is 3.18. The van der Waals surface area contributed by atoms with Gasteiger partial charge in [-0.05, 0) is 5.46 Å². The van der Waals surface area contributed by atoms with Crippen molar-refractivity contribution in [3.05, 3.63) is 28.7 Å². The van der Waals surface area contributed by atoms with Crippen molar-refractivity contribution < 1.29 is 9.31 Å². The lowest BCUT2D eigenvalue weighted by Gasteiger charge is -2.08.